The van der Waals surface area contributed by atoms with Gasteiger partial charge in [-0.1, -0.05) is 26.3 Å². The van der Waals surface area contributed by atoms with Crippen LogP contribution in [-0.4, -0.2) is 42.7 Å². The Balaban J connectivity index is 2.90. The second-order valence-electron chi connectivity index (χ2n) is 6.64. The highest BCUT2D eigenvalue weighted by Crippen LogP contribution is 2.33. The summed E-state index contributed by atoms with van der Waals surface area (Å²) in [6, 6.07) is 0. The summed E-state index contributed by atoms with van der Waals surface area (Å²) in [5.74, 6) is 1.35. The van der Waals surface area contributed by atoms with Gasteiger partial charge in [0, 0.05) is 18.4 Å². The first kappa shape index (κ1) is 21.6. The number of nitrogens with zero attached hydrogens (tertiary/aromatic N) is 1. The highest BCUT2D eigenvalue weighted by atomic mass is 32.2. The summed E-state index contributed by atoms with van der Waals surface area (Å²) in [6.07, 6.45) is 3.71. The number of hydrogen-bond acceptors (Lipinski definition) is 6. The van der Waals surface area contributed by atoms with E-state index in [9.17, 15) is 4.79 Å². The van der Waals surface area contributed by atoms with Crippen LogP contribution in [0, 0.1) is 5.92 Å². The Morgan fingerprint density at radius 3 is 2.80 bits per heavy atom. The maximum atomic E-state index is 12.7. The lowest BCUT2D eigenvalue weighted by molar-refractivity contribution is 0.0859. The summed E-state index contributed by atoms with van der Waals surface area (Å²) in [7, 11) is 1.60. The van der Waals surface area contributed by atoms with Gasteiger partial charge in [-0.25, -0.2) is 0 Å². The lowest BCUT2D eigenvalue weighted by atomic mass is 9.90. The van der Waals surface area contributed by atoms with Crippen molar-refractivity contribution in [3.63, 3.8) is 0 Å². The van der Waals surface area contributed by atoms with Crippen molar-refractivity contribution in [2.75, 3.05) is 26.1 Å². The monoisotopic (exact) mass is 370 g/mol. The zero-order valence-corrected chi connectivity index (χ0v) is 16.7. The van der Waals surface area contributed by atoms with Gasteiger partial charge >= 0.3 is 0 Å². The van der Waals surface area contributed by atoms with Gasteiger partial charge in [-0.2, -0.15) is 0 Å². The van der Waals surface area contributed by atoms with Crippen molar-refractivity contribution in [3.05, 3.63) is 18.4 Å². The van der Waals surface area contributed by atoms with Crippen molar-refractivity contribution >= 4 is 17.7 Å². The van der Waals surface area contributed by atoms with Gasteiger partial charge in [0.15, 0.2) is 0 Å². The van der Waals surface area contributed by atoms with Crippen LogP contribution in [0.2, 0.25) is 0 Å². The van der Waals surface area contributed by atoms with Crippen LogP contribution >= 0.6 is 11.8 Å². The third-order valence-corrected chi connectivity index (χ3v) is 4.76. The second-order valence-corrected chi connectivity index (χ2v) is 7.67. The Bertz CT molecular complexity index is 557. The van der Waals surface area contributed by atoms with Crippen LogP contribution in [-0.2, 0) is 4.74 Å². The molecule has 1 rings (SSSR count). The minimum Gasteiger partial charge on any atom is -0.472 e. The van der Waals surface area contributed by atoms with Crippen LogP contribution in [0.25, 0.3) is 0 Å². The molecule has 0 bridgehead atoms. The van der Waals surface area contributed by atoms with E-state index in [0.717, 1.165) is 12.8 Å². The van der Waals surface area contributed by atoms with Crippen molar-refractivity contribution < 1.29 is 18.8 Å². The van der Waals surface area contributed by atoms with Gasteiger partial charge in [0.1, 0.15) is 11.5 Å². The number of carbonyl (C=O) groups is 1. The molecule has 1 unspecified atom stereocenters. The van der Waals surface area contributed by atoms with Crippen LogP contribution in [0.4, 0.5) is 0 Å². The predicted octanol–water partition coefficient (Wildman–Crippen LogP) is 3.92. The number of aromatic nitrogens is 1. The first-order valence-corrected chi connectivity index (χ1v) is 9.50. The summed E-state index contributed by atoms with van der Waals surface area (Å²) in [5.41, 5.74) is -0.337. The summed E-state index contributed by atoms with van der Waals surface area (Å²) in [5, 5.41) is 6.94. The fourth-order valence-electron chi connectivity index (χ4n) is 2.43. The molecule has 1 amide bonds. The number of nitrogens with one attached hydrogen (secondary N) is 1. The van der Waals surface area contributed by atoms with Crippen LogP contribution in [0.3, 0.4) is 0 Å². The standard InChI is InChI=1S/C18H30N2O4S/c1-7-11-25-15-14(24-20-17(15)23-10-9-22-6)16(21)19-18(4,5)12-13(3)8-2/h7,13H,1,8-12H2,2-6H3,(H,19,21). The Kier molecular flexibility index (Phi) is 9.06. The van der Waals surface area contributed by atoms with E-state index in [1.807, 2.05) is 13.8 Å². The van der Waals surface area contributed by atoms with Gasteiger partial charge in [-0.15, -0.1) is 18.3 Å². The quantitative estimate of drug-likeness (QED) is 0.341. The number of hydrogen-bond donors (Lipinski definition) is 1. The normalized spacial score (nSPS) is 12.7. The van der Waals surface area contributed by atoms with E-state index >= 15 is 0 Å². The fourth-order valence-corrected chi connectivity index (χ4v) is 3.19. The molecule has 0 aliphatic carbocycles. The van der Waals surface area contributed by atoms with Crippen molar-refractivity contribution in [1.29, 1.82) is 0 Å². The Morgan fingerprint density at radius 1 is 1.48 bits per heavy atom. The molecule has 0 saturated heterocycles. The Labute approximate surface area is 154 Å². The molecular weight excluding hydrogens is 340 g/mol. The predicted molar refractivity (Wildman–Crippen MR) is 100 cm³/mol. The largest absolute Gasteiger partial charge is 0.472 e. The molecule has 0 fully saturated rings. The number of thioether (sulfide) groups is 1. The van der Waals surface area contributed by atoms with E-state index in [2.05, 4.69) is 30.9 Å². The highest BCUT2D eigenvalue weighted by molar-refractivity contribution is 7.99. The molecule has 0 aliphatic heterocycles. The Morgan fingerprint density at radius 2 is 2.20 bits per heavy atom. The third-order valence-electron chi connectivity index (χ3n) is 3.71. The molecule has 0 spiro atoms. The zero-order valence-electron chi connectivity index (χ0n) is 15.9. The number of amides is 1. The molecule has 142 valence electrons. The summed E-state index contributed by atoms with van der Waals surface area (Å²) >= 11 is 1.41. The molecule has 0 aliphatic rings. The van der Waals surface area contributed by atoms with Gasteiger partial charge in [0.2, 0.25) is 5.76 Å². The minimum absolute atomic E-state index is 0.177. The van der Waals surface area contributed by atoms with Crippen LogP contribution in [0.1, 0.15) is 51.1 Å². The number of methoxy groups -OCH3 is 1. The molecule has 7 heteroatoms. The van der Waals surface area contributed by atoms with Gasteiger partial charge in [0.25, 0.3) is 11.8 Å². The van der Waals surface area contributed by atoms with Gasteiger partial charge in [-0.3, -0.25) is 4.79 Å². The molecule has 1 aromatic rings. The van der Waals surface area contributed by atoms with E-state index in [0.29, 0.717) is 35.7 Å². The molecule has 1 aromatic heterocycles. The third kappa shape index (κ3) is 7.12. The van der Waals surface area contributed by atoms with Crippen molar-refractivity contribution in [1.82, 2.24) is 10.5 Å². The molecule has 1 atom stereocenters. The molecule has 6 nitrogen and oxygen atoms in total. The summed E-state index contributed by atoms with van der Waals surface area (Å²) in [6.45, 7) is 12.8. The fraction of sp³-hybridized carbons (Fsp3) is 0.667. The first-order chi connectivity index (χ1) is 11.8. The van der Waals surface area contributed by atoms with Crippen molar-refractivity contribution in [2.24, 2.45) is 5.92 Å². The average Bonchev–Trinajstić information content (AvgIpc) is 2.95. The molecular formula is C18H30N2O4S. The van der Waals surface area contributed by atoms with E-state index in [1.54, 1.807) is 13.2 Å². The lowest BCUT2D eigenvalue weighted by Crippen LogP contribution is -2.44. The lowest BCUT2D eigenvalue weighted by Gasteiger charge is -2.28. The number of ether oxygens (including phenoxy) is 2. The minimum atomic E-state index is -0.337. The molecule has 0 aromatic carbocycles. The van der Waals surface area contributed by atoms with E-state index < -0.39 is 0 Å². The van der Waals surface area contributed by atoms with Gasteiger partial charge in [-0.05, 0) is 31.3 Å². The van der Waals surface area contributed by atoms with E-state index in [1.165, 1.54) is 11.8 Å². The average molecular weight is 371 g/mol. The number of carbonyl (C=O) groups excluding carboxylic acids is 1. The van der Waals surface area contributed by atoms with E-state index in [-0.39, 0.29) is 17.2 Å². The molecule has 25 heavy (non-hydrogen) atoms. The highest BCUT2D eigenvalue weighted by Gasteiger charge is 2.29. The van der Waals surface area contributed by atoms with Crippen molar-refractivity contribution in [3.8, 4) is 5.88 Å². The van der Waals surface area contributed by atoms with Crippen LogP contribution < -0.4 is 10.1 Å². The van der Waals surface area contributed by atoms with Crippen molar-refractivity contribution in [2.45, 2.75) is 51.0 Å². The topological polar surface area (TPSA) is 73.6 Å². The molecule has 0 saturated carbocycles. The van der Waals surface area contributed by atoms with Gasteiger partial charge in [0.05, 0.1) is 6.61 Å². The summed E-state index contributed by atoms with van der Waals surface area (Å²) < 4.78 is 15.8. The first-order valence-electron chi connectivity index (χ1n) is 8.52. The molecule has 0 radical (unpaired) electrons. The maximum Gasteiger partial charge on any atom is 0.291 e. The van der Waals surface area contributed by atoms with Gasteiger partial charge < -0.3 is 19.3 Å². The Hall–Kier alpha value is -1.47. The smallest absolute Gasteiger partial charge is 0.291 e. The number of rotatable bonds is 12. The molecule has 1 heterocycles. The summed E-state index contributed by atoms with van der Waals surface area (Å²) in [4.78, 5) is 13.3. The second kappa shape index (κ2) is 10.5. The van der Waals surface area contributed by atoms with E-state index in [4.69, 9.17) is 14.0 Å². The van der Waals surface area contributed by atoms with Crippen LogP contribution in [0.15, 0.2) is 22.1 Å². The SMILES string of the molecule is C=CCSc1c(OCCOC)noc1C(=O)NC(C)(C)CC(C)CC. The maximum absolute atomic E-state index is 12.7. The van der Waals surface area contributed by atoms with Crippen LogP contribution in [0.5, 0.6) is 5.88 Å². The zero-order chi connectivity index (χ0) is 18.9. The molecule has 1 N–H and O–H groups in total.